The van der Waals surface area contributed by atoms with E-state index in [2.05, 4.69) is 25.4 Å². The summed E-state index contributed by atoms with van der Waals surface area (Å²) in [6.07, 6.45) is 2.04. The number of nitrogens with one attached hydrogen (secondary N) is 2. The van der Waals surface area contributed by atoms with Gasteiger partial charge in [0.2, 0.25) is 5.95 Å². The Morgan fingerprint density at radius 2 is 2.08 bits per heavy atom. The van der Waals surface area contributed by atoms with E-state index < -0.39 is 5.91 Å². The maximum absolute atomic E-state index is 12.3. The maximum atomic E-state index is 12.3. The van der Waals surface area contributed by atoms with Crippen molar-refractivity contribution in [2.45, 2.75) is 13.3 Å². The summed E-state index contributed by atoms with van der Waals surface area (Å²) in [5.74, 6) is 0.741. The molecule has 1 amide bonds. The lowest BCUT2D eigenvalue weighted by atomic mass is 10.3. The molecule has 0 fully saturated rings. The summed E-state index contributed by atoms with van der Waals surface area (Å²) < 4.78 is 12.0. The Morgan fingerprint density at radius 3 is 2.88 bits per heavy atom. The minimum absolute atomic E-state index is 0.0968. The zero-order valence-electron chi connectivity index (χ0n) is 13.3. The minimum atomic E-state index is -0.500. The van der Waals surface area contributed by atoms with E-state index in [0.717, 1.165) is 4.52 Å². The molecular weight excluding hydrogens is 328 g/mol. The molecule has 4 heterocycles. The number of H-pyrrole nitrogens is 1. The monoisotopic (exact) mass is 342 g/mol. The predicted octanol–water partition coefficient (Wildman–Crippen LogP) is 0.398. The molecular formula is C15H14N6O4. The van der Waals surface area contributed by atoms with Crippen LogP contribution in [0.1, 0.15) is 23.1 Å². The van der Waals surface area contributed by atoms with Gasteiger partial charge in [0.05, 0.1) is 6.20 Å². The molecule has 0 aromatic carbocycles. The SMILES string of the molecule is CCc1cc(=O)n2[nH]c(NC(=O)c3cc4c(cn3)OCCO4)nc2n1. The van der Waals surface area contributed by atoms with Crippen LogP contribution >= 0.6 is 0 Å². The van der Waals surface area contributed by atoms with Crippen molar-refractivity contribution in [2.75, 3.05) is 18.5 Å². The quantitative estimate of drug-likeness (QED) is 0.706. The summed E-state index contributed by atoms with van der Waals surface area (Å²) in [4.78, 5) is 36.7. The lowest BCUT2D eigenvalue weighted by Gasteiger charge is -2.17. The highest BCUT2D eigenvalue weighted by Crippen LogP contribution is 2.29. The van der Waals surface area contributed by atoms with Crippen molar-refractivity contribution in [3.63, 3.8) is 0 Å². The summed E-state index contributed by atoms with van der Waals surface area (Å²) in [6.45, 7) is 2.75. The van der Waals surface area contributed by atoms with Gasteiger partial charge in [-0.1, -0.05) is 6.92 Å². The van der Waals surface area contributed by atoms with Gasteiger partial charge in [0.15, 0.2) is 11.5 Å². The molecule has 0 saturated heterocycles. The van der Waals surface area contributed by atoms with Crippen molar-refractivity contribution < 1.29 is 14.3 Å². The molecule has 0 unspecified atom stereocenters. The fraction of sp³-hybridized carbons (Fsp3) is 0.267. The molecule has 0 radical (unpaired) electrons. The fourth-order valence-corrected chi connectivity index (χ4v) is 2.41. The van der Waals surface area contributed by atoms with E-state index in [-0.39, 0.29) is 23.0 Å². The minimum Gasteiger partial charge on any atom is -0.486 e. The number of fused-ring (bicyclic) bond motifs is 2. The van der Waals surface area contributed by atoms with Gasteiger partial charge in [0, 0.05) is 17.8 Å². The topological polar surface area (TPSA) is 124 Å². The number of aromatic amines is 1. The summed E-state index contributed by atoms with van der Waals surface area (Å²) in [6, 6.07) is 2.91. The summed E-state index contributed by atoms with van der Waals surface area (Å²) in [5, 5.41) is 5.25. The largest absolute Gasteiger partial charge is 0.486 e. The van der Waals surface area contributed by atoms with E-state index in [4.69, 9.17) is 9.47 Å². The van der Waals surface area contributed by atoms with Gasteiger partial charge in [0.25, 0.3) is 17.2 Å². The highest BCUT2D eigenvalue weighted by Gasteiger charge is 2.17. The van der Waals surface area contributed by atoms with E-state index >= 15 is 0 Å². The van der Waals surface area contributed by atoms with Crippen LogP contribution in [0.3, 0.4) is 0 Å². The van der Waals surface area contributed by atoms with Gasteiger partial charge in [-0.25, -0.2) is 9.97 Å². The van der Waals surface area contributed by atoms with Gasteiger partial charge in [0.1, 0.15) is 18.9 Å². The molecule has 0 bridgehead atoms. The average Bonchev–Trinajstić information content (AvgIpc) is 3.04. The molecule has 3 aromatic rings. The van der Waals surface area contributed by atoms with Crippen LogP contribution in [-0.2, 0) is 6.42 Å². The first-order valence-corrected chi connectivity index (χ1v) is 7.69. The van der Waals surface area contributed by atoms with Gasteiger partial charge < -0.3 is 9.47 Å². The number of hydrogen-bond donors (Lipinski definition) is 2. The molecule has 10 nitrogen and oxygen atoms in total. The third kappa shape index (κ3) is 2.77. The molecule has 0 saturated carbocycles. The molecule has 0 aliphatic carbocycles. The van der Waals surface area contributed by atoms with Crippen molar-refractivity contribution >= 4 is 17.6 Å². The van der Waals surface area contributed by atoms with Crippen molar-refractivity contribution in [3.8, 4) is 11.5 Å². The second-order valence-electron chi connectivity index (χ2n) is 5.31. The van der Waals surface area contributed by atoms with Crippen LogP contribution in [0.4, 0.5) is 5.95 Å². The Kier molecular flexibility index (Phi) is 3.56. The number of pyridine rings is 1. The van der Waals surface area contributed by atoms with Crippen molar-refractivity contribution in [1.82, 2.24) is 24.6 Å². The molecule has 0 atom stereocenters. The third-order valence-corrected chi connectivity index (χ3v) is 3.64. The van der Waals surface area contributed by atoms with E-state index in [0.29, 0.717) is 36.8 Å². The first kappa shape index (κ1) is 15.1. The van der Waals surface area contributed by atoms with Gasteiger partial charge in [-0.05, 0) is 6.42 Å². The number of carbonyl (C=O) groups is 1. The van der Waals surface area contributed by atoms with Crippen molar-refractivity contribution in [2.24, 2.45) is 0 Å². The smallest absolute Gasteiger partial charge is 0.276 e. The van der Waals surface area contributed by atoms with Crippen LogP contribution in [0.25, 0.3) is 5.78 Å². The number of nitrogens with zero attached hydrogens (tertiary/aromatic N) is 4. The van der Waals surface area contributed by atoms with E-state index in [1.807, 2.05) is 6.92 Å². The number of anilines is 1. The number of rotatable bonds is 3. The number of carbonyl (C=O) groups excluding carboxylic acids is 1. The number of aromatic nitrogens is 5. The van der Waals surface area contributed by atoms with E-state index in [9.17, 15) is 9.59 Å². The summed E-state index contributed by atoms with van der Waals surface area (Å²) in [5.41, 5.74) is 0.467. The van der Waals surface area contributed by atoms with E-state index in [1.54, 1.807) is 0 Å². The lowest BCUT2D eigenvalue weighted by molar-refractivity contribution is 0.101. The van der Waals surface area contributed by atoms with Crippen molar-refractivity contribution in [3.05, 3.63) is 40.1 Å². The maximum Gasteiger partial charge on any atom is 0.276 e. The van der Waals surface area contributed by atoms with Crippen LogP contribution in [0.2, 0.25) is 0 Å². The highest BCUT2D eigenvalue weighted by atomic mass is 16.6. The first-order chi connectivity index (χ1) is 12.1. The molecule has 1 aliphatic rings. The normalized spacial score (nSPS) is 13.0. The molecule has 0 spiro atoms. The molecule has 25 heavy (non-hydrogen) atoms. The molecule has 4 rings (SSSR count). The lowest BCUT2D eigenvalue weighted by Crippen LogP contribution is -2.19. The average molecular weight is 342 g/mol. The molecule has 1 aliphatic heterocycles. The first-order valence-electron chi connectivity index (χ1n) is 7.69. The molecule has 2 N–H and O–H groups in total. The van der Waals surface area contributed by atoms with Gasteiger partial charge in [-0.15, -0.1) is 0 Å². The van der Waals surface area contributed by atoms with Crippen LogP contribution in [-0.4, -0.2) is 43.7 Å². The van der Waals surface area contributed by atoms with Gasteiger partial charge in [-0.3, -0.25) is 20.0 Å². The van der Waals surface area contributed by atoms with Crippen molar-refractivity contribution in [1.29, 1.82) is 0 Å². The zero-order valence-corrected chi connectivity index (χ0v) is 13.3. The van der Waals surface area contributed by atoms with Crippen LogP contribution < -0.4 is 20.3 Å². The number of amides is 1. The summed E-state index contributed by atoms with van der Waals surface area (Å²) in [7, 11) is 0. The van der Waals surface area contributed by atoms with E-state index in [1.165, 1.54) is 18.3 Å². The summed E-state index contributed by atoms with van der Waals surface area (Å²) >= 11 is 0. The molecule has 10 heteroatoms. The fourth-order valence-electron chi connectivity index (χ4n) is 2.41. The van der Waals surface area contributed by atoms with Crippen LogP contribution in [0.5, 0.6) is 11.5 Å². The Balaban J connectivity index is 1.61. The second-order valence-corrected chi connectivity index (χ2v) is 5.31. The van der Waals surface area contributed by atoms with Gasteiger partial charge in [-0.2, -0.15) is 9.50 Å². The van der Waals surface area contributed by atoms with Crippen LogP contribution in [0.15, 0.2) is 23.1 Å². The predicted molar refractivity (Wildman–Crippen MR) is 86.2 cm³/mol. The Bertz CT molecular complexity index is 1020. The standard InChI is InChI=1S/C15H14N6O4/c1-2-8-5-12(22)21-15(17-8)19-14(20-21)18-13(23)9-6-10-11(7-16-9)25-4-3-24-10/h5-7H,2-4H2,1H3,(H2,17,18,19,20,23). The highest BCUT2D eigenvalue weighted by molar-refractivity contribution is 6.02. The Morgan fingerprint density at radius 1 is 1.28 bits per heavy atom. The third-order valence-electron chi connectivity index (χ3n) is 3.64. The number of ether oxygens (including phenoxy) is 2. The molecule has 128 valence electrons. The van der Waals surface area contributed by atoms with Gasteiger partial charge >= 0.3 is 0 Å². The second kappa shape index (κ2) is 5.89. The number of aryl methyl sites for hydroxylation is 1. The zero-order chi connectivity index (χ0) is 17.4. The van der Waals surface area contributed by atoms with Crippen LogP contribution in [0, 0.1) is 0 Å². The molecule has 3 aromatic heterocycles. The Hall–Kier alpha value is -3.43. The Labute approximate surface area is 140 Å². The number of hydrogen-bond acceptors (Lipinski definition) is 7.